The second-order valence-corrected chi connectivity index (χ2v) is 6.70. The summed E-state index contributed by atoms with van der Waals surface area (Å²) in [7, 11) is 0. The van der Waals surface area contributed by atoms with Gasteiger partial charge in [0.15, 0.2) is 5.82 Å². The van der Waals surface area contributed by atoms with Crippen molar-refractivity contribution in [3.05, 3.63) is 58.9 Å². The summed E-state index contributed by atoms with van der Waals surface area (Å²) in [5.74, 6) is 0.454. The van der Waals surface area contributed by atoms with Crippen molar-refractivity contribution < 1.29 is 9.18 Å². The standard InChI is InChI=1S/C19H22FN3O/c1-13-11-14(2)22-18(21-13)19(3)9-4-10-23(19)17(24)12-15-5-7-16(20)8-6-15/h5-8,11H,4,9-10,12H2,1-3H3/t19-/m1/s1. The van der Waals surface area contributed by atoms with E-state index in [1.807, 2.05) is 31.7 Å². The number of nitrogens with zero attached hydrogens (tertiary/aromatic N) is 3. The Morgan fingerprint density at radius 3 is 2.46 bits per heavy atom. The summed E-state index contributed by atoms with van der Waals surface area (Å²) in [6, 6.07) is 8.03. The van der Waals surface area contributed by atoms with Crippen LogP contribution in [0.3, 0.4) is 0 Å². The average Bonchev–Trinajstić information content (AvgIpc) is 2.92. The van der Waals surface area contributed by atoms with Gasteiger partial charge in [0.25, 0.3) is 0 Å². The van der Waals surface area contributed by atoms with E-state index in [4.69, 9.17) is 0 Å². The van der Waals surface area contributed by atoms with Crippen molar-refractivity contribution in [1.29, 1.82) is 0 Å². The molecule has 1 saturated heterocycles. The van der Waals surface area contributed by atoms with E-state index < -0.39 is 5.54 Å². The van der Waals surface area contributed by atoms with E-state index in [0.29, 0.717) is 12.4 Å². The normalized spacial score (nSPS) is 20.4. The number of carbonyl (C=O) groups excluding carboxylic acids is 1. The molecular formula is C19H22FN3O. The van der Waals surface area contributed by atoms with Gasteiger partial charge in [0.2, 0.25) is 5.91 Å². The highest BCUT2D eigenvalue weighted by Gasteiger charge is 2.43. The van der Waals surface area contributed by atoms with E-state index >= 15 is 0 Å². The predicted octanol–water partition coefficient (Wildman–Crippen LogP) is 3.31. The number of carbonyl (C=O) groups is 1. The molecule has 0 spiro atoms. The van der Waals surface area contributed by atoms with Crippen LogP contribution in [0.2, 0.25) is 0 Å². The summed E-state index contributed by atoms with van der Waals surface area (Å²) in [5.41, 5.74) is 2.17. The van der Waals surface area contributed by atoms with Gasteiger partial charge in [-0.3, -0.25) is 4.79 Å². The van der Waals surface area contributed by atoms with Crippen LogP contribution in [-0.4, -0.2) is 27.3 Å². The third-order valence-corrected chi connectivity index (χ3v) is 4.67. The summed E-state index contributed by atoms with van der Waals surface area (Å²) >= 11 is 0. The molecule has 1 fully saturated rings. The van der Waals surface area contributed by atoms with E-state index in [2.05, 4.69) is 9.97 Å². The number of rotatable bonds is 3. The van der Waals surface area contributed by atoms with Gasteiger partial charge in [-0.15, -0.1) is 0 Å². The molecule has 0 aliphatic carbocycles. The first-order valence-corrected chi connectivity index (χ1v) is 8.26. The zero-order valence-corrected chi connectivity index (χ0v) is 14.3. The van der Waals surface area contributed by atoms with Gasteiger partial charge in [-0.2, -0.15) is 0 Å². The predicted molar refractivity (Wildman–Crippen MR) is 89.9 cm³/mol. The number of aryl methyl sites for hydroxylation is 2. The molecule has 0 saturated carbocycles. The van der Waals surface area contributed by atoms with Gasteiger partial charge in [-0.25, -0.2) is 14.4 Å². The fraction of sp³-hybridized carbons (Fsp3) is 0.421. The highest BCUT2D eigenvalue weighted by molar-refractivity contribution is 5.80. The van der Waals surface area contributed by atoms with Crippen molar-refractivity contribution in [3.63, 3.8) is 0 Å². The van der Waals surface area contributed by atoms with Gasteiger partial charge < -0.3 is 4.90 Å². The van der Waals surface area contributed by atoms with Crippen LogP contribution in [0.4, 0.5) is 4.39 Å². The maximum atomic E-state index is 13.0. The van der Waals surface area contributed by atoms with E-state index in [0.717, 1.165) is 29.8 Å². The van der Waals surface area contributed by atoms with Crippen LogP contribution in [0.25, 0.3) is 0 Å². The number of benzene rings is 1. The molecule has 2 heterocycles. The van der Waals surface area contributed by atoms with Crippen LogP contribution in [0.15, 0.2) is 30.3 Å². The smallest absolute Gasteiger partial charge is 0.227 e. The van der Waals surface area contributed by atoms with Gasteiger partial charge in [0.1, 0.15) is 5.82 Å². The second kappa shape index (κ2) is 6.30. The molecule has 24 heavy (non-hydrogen) atoms. The van der Waals surface area contributed by atoms with E-state index in [1.54, 1.807) is 12.1 Å². The highest BCUT2D eigenvalue weighted by Crippen LogP contribution is 2.37. The molecule has 126 valence electrons. The quantitative estimate of drug-likeness (QED) is 0.869. The maximum absolute atomic E-state index is 13.0. The lowest BCUT2D eigenvalue weighted by Gasteiger charge is -2.34. The minimum atomic E-state index is -0.478. The van der Waals surface area contributed by atoms with Crippen LogP contribution in [0.5, 0.6) is 0 Å². The summed E-state index contributed by atoms with van der Waals surface area (Å²) in [4.78, 5) is 23.9. The van der Waals surface area contributed by atoms with Gasteiger partial charge in [0, 0.05) is 17.9 Å². The number of likely N-dealkylation sites (tertiary alicyclic amines) is 1. The Bertz CT molecular complexity index is 739. The van der Waals surface area contributed by atoms with Crippen LogP contribution in [0.1, 0.15) is 42.5 Å². The molecule has 1 amide bonds. The van der Waals surface area contributed by atoms with Crippen molar-refractivity contribution in [2.45, 2.75) is 45.6 Å². The molecule has 0 unspecified atom stereocenters. The Morgan fingerprint density at radius 2 is 1.83 bits per heavy atom. The maximum Gasteiger partial charge on any atom is 0.227 e. The van der Waals surface area contributed by atoms with Gasteiger partial charge in [-0.05, 0) is 57.4 Å². The minimum absolute atomic E-state index is 0.0318. The molecule has 4 nitrogen and oxygen atoms in total. The Labute approximate surface area is 141 Å². The largest absolute Gasteiger partial charge is 0.330 e. The molecule has 1 aromatic heterocycles. The molecule has 2 aromatic rings. The van der Waals surface area contributed by atoms with Crippen LogP contribution in [-0.2, 0) is 16.8 Å². The number of aromatic nitrogens is 2. The van der Waals surface area contributed by atoms with Crippen LogP contribution >= 0.6 is 0 Å². The lowest BCUT2D eigenvalue weighted by atomic mass is 9.96. The first-order chi connectivity index (χ1) is 11.4. The van der Waals surface area contributed by atoms with Gasteiger partial charge >= 0.3 is 0 Å². The zero-order valence-electron chi connectivity index (χ0n) is 14.3. The average molecular weight is 327 g/mol. The lowest BCUT2D eigenvalue weighted by Crippen LogP contribution is -2.45. The zero-order chi connectivity index (χ0) is 17.3. The van der Waals surface area contributed by atoms with Crippen molar-refractivity contribution in [3.8, 4) is 0 Å². The van der Waals surface area contributed by atoms with Gasteiger partial charge in [0.05, 0.1) is 12.0 Å². The van der Waals surface area contributed by atoms with E-state index in [1.165, 1.54) is 12.1 Å². The first-order valence-electron chi connectivity index (χ1n) is 8.26. The first kappa shape index (κ1) is 16.6. The number of hydrogen-bond donors (Lipinski definition) is 0. The van der Waals surface area contributed by atoms with Crippen molar-refractivity contribution in [2.24, 2.45) is 0 Å². The minimum Gasteiger partial charge on any atom is -0.330 e. The third kappa shape index (κ3) is 3.16. The highest BCUT2D eigenvalue weighted by atomic mass is 19.1. The van der Waals surface area contributed by atoms with Crippen molar-refractivity contribution >= 4 is 5.91 Å². The molecule has 0 bridgehead atoms. The molecule has 0 N–H and O–H groups in total. The van der Waals surface area contributed by atoms with Crippen molar-refractivity contribution in [2.75, 3.05) is 6.54 Å². The fourth-order valence-corrected chi connectivity index (χ4v) is 3.43. The van der Waals surface area contributed by atoms with E-state index in [9.17, 15) is 9.18 Å². The number of hydrogen-bond acceptors (Lipinski definition) is 3. The van der Waals surface area contributed by atoms with Crippen LogP contribution in [0, 0.1) is 19.7 Å². The third-order valence-electron chi connectivity index (χ3n) is 4.67. The van der Waals surface area contributed by atoms with Crippen LogP contribution < -0.4 is 0 Å². The SMILES string of the molecule is Cc1cc(C)nc([C@@]2(C)CCCN2C(=O)Cc2ccc(F)cc2)n1. The number of amides is 1. The fourth-order valence-electron chi connectivity index (χ4n) is 3.43. The molecule has 0 radical (unpaired) electrons. The van der Waals surface area contributed by atoms with Crippen molar-refractivity contribution in [1.82, 2.24) is 14.9 Å². The summed E-state index contributed by atoms with van der Waals surface area (Å²) in [5, 5.41) is 0. The molecular weight excluding hydrogens is 305 g/mol. The monoisotopic (exact) mass is 327 g/mol. The summed E-state index contributed by atoms with van der Waals surface area (Å²) in [6.07, 6.45) is 2.05. The molecule has 5 heteroatoms. The summed E-state index contributed by atoms with van der Waals surface area (Å²) < 4.78 is 13.0. The number of halogens is 1. The summed E-state index contributed by atoms with van der Waals surface area (Å²) in [6.45, 7) is 6.63. The Morgan fingerprint density at radius 1 is 1.21 bits per heavy atom. The molecule has 1 aliphatic rings. The Hall–Kier alpha value is -2.30. The topological polar surface area (TPSA) is 46.1 Å². The lowest BCUT2D eigenvalue weighted by molar-refractivity contribution is -0.134. The molecule has 3 rings (SSSR count). The van der Waals surface area contributed by atoms with E-state index in [-0.39, 0.29) is 18.1 Å². The van der Waals surface area contributed by atoms with Gasteiger partial charge in [-0.1, -0.05) is 12.1 Å². The second-order valence-electron chi connectivity index (χ2n) is 6.70. The molecule has 1 atom stereocenters. The molecule has 1 aliphatic heterocycles. The Kier molecular flexibility index (Phi) is 4.35. The molecule has 1 aromatic carbocycles. The Balaban J connectivity index is 1.86.